The number of carboxylic acid groups (broad SMARTS) is 1. The van der Waals surface area contributed by atoms with E-state index in [1.54, 1.807) is 0 Å². The Hall–Kier alpha value is -3.45. The molecular formula is C28H26Cl2F2N4O3. The molecule has 0 unspecified atom stereocenters. The Morgan fingerprint density at radius 1 is 1.15 bits per heavy atom. The van der Waals surface area contributed by atoms with Gasteiger partial charge in [0.1, 0.15) is 28.6 Å². The van der Waals surface area contributed by atoms with Crippen LogP contribution in [0.2, 0.25) is 10.0 Å². The molecule has 0 aliphatic carbocycles. The van der Waals surface area contributed by atoms with E-state index in [1.807, 2.05) is 20.8 Å². The molecule has 204 valence electrons. The quantitative estimate of drug-likeness (QED) is 0.277. The van der Waals surface area contributed by atoms with Crippen LogP contribution in [-0.4, -0.2) is 34.1 Å². The average molecular weight is 575 g/mol. The number of aromatic amines is 1. The van der Waals surface area contributed by atoms with Crippen LogP contribution in [0.25, 0.3) is 0 Å². The van der Waals surface area contributed by atoms with Crippen LogP contribution in [0, 0.1) is 28.4 Å². The second-order valence-corrected chi connectivity index (χ2v) is 11.6. The summed E-state index contributed by atoms with van der Waals surface area (Å²) in [6.07, 6.45) is 0.316. The normalized spacial score (nSPS) is 22.9. The lowest BCUT2D eigenvalue weighted by molar-refractivity contribution is -0.118. The Balaban J connectivity index is 1.94. The molecule has 7 nitrogen and oxygen atoms in total. The third kappa shape index (κ3) is 5.37. The fraction of sp³-hybridized carbons (Fsp3) is 0.321. The minimum Gasteiger partial charge on any atom is -0.477 e. The van der Waals surface area contributed by atoms with E-state index >= 15 is 8.78 Å². The Kier molecular flexibility index (Phi) is 7.77. The van der Waals surface area contributed by atoms with Crippen molar-refractivity contribution < 1.29 is 23.5 Å². The van der Waals surface area contributed by atoms with E-state index in [9.17, 15) is 20.0 Å². The highest BCUT2D eigenvalue weighted by molar-refractivity contribution is 6.31. The van der Waals surface area contributed by atoms with Gasteiger partial charge < -0.3 is 20.7 Å². The van der Waals surface area contributed by atoms with Crippen LogP contribution in [-0.2, 0) is 10.2 Å². The van der Waals surface area contributed by atoms with Crippen molar-refractivity contribution in [3.05, 3.63) is 87.0 Å². The van der Waals surface area contributed by atoms with E-state index in [4.69, 9.17) is 23.2 Å². The monoisotopic (exact) mass is 574 g/mol. The molecule has 2 aromatic carbocycles. The van der Waals surface area contributed by atoms with Gasteiger partial charge in [-0.05, 0) is 47.7 Å². The number of aromatic carboxylic acids is 1. The van der Waals surface area contributed by atoms with Crippen LogP contribution in [0.15, 0.2) is 48.5 Å². The number of benzene rings is 2. The predicted octanol–water partition coefficient (Wildman–Crippen LogP) is 6.26. The highest BCUT2D eigenvalue weighted by Crippen LogP contribution is 2.52. The number of nitrogens with zero attached hydrogens (tertiary/aromatic N) is 1. The molecule has 3 aromatic rings. The summed E-state index contributed by atoms with van der Waals surface area (Å²) in [7, 11) is 0. The van der Waals surface area contributed by atoms with Crippen molar-refractivity contribution in [2.24, 2.45) is 5.41 Å². The van der Waals surface area contributed by atoms with Crippen molar-refractivity contribution in [1.82, 2.24) is 10.3 Å². The molecular weight excluding hydrogens is 549 g/mol. The summed E-state index contributed by atoms with van der Waals surface area (Å²) in [4.78, 5) is 27.6. The van der Waals surface area contributed by atoms with E-state index in [-0.39, 0.29) is 38.1 Å². The SMILES string of the molecule is CC(C)(C)C[C@@H]1N[C@@H](C(=O)Nc2ccc(C(=O)O)[nH]2)[C@H](c2cccc(Cl)c2F)[C@@]1(C#N)c1ccc(Cl)cc1F. The second-order valence-electron chi connectivity index (χ2n) is 10.8. The number of halogens is 4. The van der Waals surface area contributed by atoms with Crippen molar-refractivity contribution in [3.63, 3.8) is 0 Å². The molecule has 39 heavy (non-hydrogen) atoms. The van der Waals surface area contributed by atoms with Crippen molar-refractivity contribution in [2.45, 2.75) is 50.6 Å². The molecule has 1 aromatic heterocycles. The maximum Gasteiger partial charge on any atom is 0.352 e. The van der Waals surface area contributed by atoms with Crippen LogP contribution in [0.3, 0.4) is 0 Å². The summed E-state index contributed by atoms with van der Waals surface area (Å²) < 4.78 is 31.3. The van der Waals surface area contributed by atoms with Gasteiger partial charge >= 0.3 is 5.97 Å². The number of carbonyl (C=O) groups is 2. The molecule has 1 aliphatic rings. The lowest BCUT2D eigenvalue weighted by atomic mass is 9.62. The maximum atomic E-state index is 15.6. The van der Waals surface area contributed by atoms with Gasteiger partial charge in [-0.25, -0.2) is 13.6 Å². The first kappa shape index (κ1) is 28.6. The number of carbonyl (C=O) groups excluding carboxylic acids is 1. The average Bonchev–Trinajstić information content (AvgIpc) is 3.43. The van der Waals surface area contributed by atoms with Gasteiger partial charge in [0.25, 0.3) is 0 Å². The summed E-state index contributed by atoms with van der Waals surface area (Å²) in [5.74, 6) is -4.65. The van der Waals surface area contributed by atoms with Crippen molar-refractivity contribution in [2.75, 3.05) is 5.32 Å². The van der Waals surface area contributed by atoms with Gasteiger partial charge in [0, 0.05) is 22.5 Å². The summed E-state index contributed by atoms with van der Waals surface area (Å²) in [6, 6.07) is 11.0. The van der Waals surface area contributed by atoms with Crippen LogP contribution >= 0.6 is 23.2 Å². The number of hydrogen-bond acceptors (Lipinski definition) is 4. The predicted molar refractivity (Wildman–Crippen MR) is 144 cm³/mol. The van der Waals surface area contributed by atoms with Crippen molar-refractivity contribution in [3.8, 4) is 6.07 Å². The van der Waals surface area contributed by atoms with E-state index in [2.05, 4.69) is 21.7 Å². The molecule has 1 aliphatic heterocycles. The van der Waals surface area contributed by atoms with Crippen molar-refractivity contribution >= 4 is 40.9 Å². The Morgan fingerprint density at radius 3 is 2.46 bits per heavy atom. The standard InChI is InChI=1S/C28H26Cl2F2N4O3/c1-27(2,3)12-20-28(13-33,16-8-7-14(29)11-18(16)31)22(15-5-4-6-17(30)23(15)32)24(35-20)25(37)36-21-10-9-19(34-21)26(38)39/h4-11,20,22,24,34-35H,12H2,1-3H3,(H,36,37)(H,38,39)/t20-,22-,24+,28-/m0/s1. The zero-order valence-electron chi connectivity index (χ0n) is 21.3. The molecule has 0 spiro atoms. The van der Waals surface area contributed by atoms with Crippen LogP contribution in [0.4, 0.5) is 14.6 Å². The first-order valence-electron chi connectivity index (χ1n) is 12.1. The molecule has 1 amide bonds. The molecule has 0 radical (unpaired) electrons. The van der Waals surface area contributed by atoms with Gasteiger partial charge in [0.15, 0.2) is 0 Å². The summed E-state index contributed by atoms with van der Waals surface area (Å²) in [5, 5.41) is 25.8. The first-order chi connectivity index (χ1) is 18.3. The third-order valence-electron chi connectivity index (χ3n) is 6.91. The molecule has 11 heteroatoms. The molecule has 4 N–H and O–H groups in total. The van der Waals surface area contributed by atoms with E-state index in [0.29, 0.717) is 6.42 Å². The molecule has 4 rings (SSSR count). The van der Waals surface area contributed by atoms with Gasteiger partial charge in [-0.3, -0.25) is 4.79 Å². The fourth-order valence-corrected chi connectivity index (χ4v) is 5.70. The summed E-state index contributed by atoms with van der Waals surface area (Å²) >= 11 is 12.2. The maximum absolute atomic E-state index is 15.6. The Labute approximate surface area is 234 Å². The number of anilines is 1. The molecule has 0 bridgehead atoms. The zero-order chi connectivity index (χ0) is 28.7. The van der Waals surface area contributed by atoms with E-state index < -0.39 is 46.9 Å². The molecule has 2 heterocycles. The molecule has 1 saturated heterocycles. The highest BCUT2D eigenvalue weighted by atomic mass is 35.5. The van der Waals surface area contributed by atoms with E-state index in [0.717, 1.165) is 6.07 Å². The van der Waals surface area contributed by atoms with Gasteiger partial charge in [-0.2, -0.15) is 5.26 Å². The van der Waals surface area contributed by atoms with Gasteiger partial charge in [-0.15, -0.1) is 0 Å². The summed E-state index contributed by atoms with van der Waals surface area (Å²) in [5.41, 5.74) is -2.38. The van der Waals surface area contributed by atoms with Crippen molar-refractivity contribution in [1.29, 1.82) is 5.26 Å². The largest absolute Gasteiger partial charge is 0.477 e. The Bertz CT molecular complexity index is 1480. The lowest BCUT2D eigenvalue weighted by Crippen LogP contribution is -2.45. The first-order valence-corrected chi connectivity index (χ1v) is 12.8. The van der Waals surface area contributed by atoms with Crippen LogP contribution in [0.5, 0.6) is 0 Å². The fourth-order valence-electron chi connectivity index (χ4n) is 5.36. The third-order valence-corrected chi connectivity index (χ3v) is 7.43. The number of hydrogen-bond donors (Lipinski definition) is 4. The number of rotatable bonds is 6. The number of amides is 1. The smallest absolute Gasteiger partial charge is 0.352 e. The van der Waals surface area contributed by atoms with Gasteiger partial charge in [-0.1, -0.05) is 62.2 Å². The molecule has 0 saturated carbocycles. The van der Waals surface area contributed by atoms with Crippen LogP contribution < -0.4 is 10.6 Å². The minimum atomic E-state index is -1.77. The number of carboxylic acids is 1. The molecule has 4 atom stereocenters. The second kappa shape index (κ2) is 10.6. The zero-order valence-corrected chi connectivity index (χ0v) is 22.8. The highest BCUT2D eigenvalue weighted by Gasteiger charge is 2.61. The minimum absolute atomic E-state index is 0.0381. The number of aromatic nitrogens is 1. The topological polar surface area (TPSA) is 118 Å². The molecule has 1 fully saturated rings. The van der Waals surface area contributed by atoms with Crippen LogP contribution in [0.1, 0.15) is 54.7 Å². The van der Waals surface area contributed by atoms with Gasteiger partial charge in [0.05, 0.1) is 17.1 Å². The van der Waals surface area contributed by atoms with E-state index in [1.165, 1.54) is 42.5 Å². The number of H-pyrrole nitrogens is 1. The summed E-state index contributed by atoms with van der Waals surface area (Å²) in [6.45, 7) is 5.80. The lowest BCUT2D eigenvalue weighted by Gasteiger charge is -2.37. The van der Waals surface area contributed by atoms with Gasteiger partial charge in [0.2, 0.25) is 5.91 Å². The Morgan fingerprint density at radius 2 is 1.87 bits per heavy atom. The number of nitrogens with one attached hydrogen (secondary N) is 3. The number of nitriles is 1.